The number of hydrogen-bond donors (Lipinski definition) is 1. The van der Waals surface area contributed by atoms with Crippen LogP contribution in [0.2, 0.25) is 0 Å². The van der Waals surface area contributed by atoms with Gasteiger partial charge in [0.05, 0.1) is 17.6 Å². The molecule has 0 spiro atoms. The number of benzene rings is 5. The number of rotatable bonds is 14. The summed E-state index contributed by atoms with van der Waals surface area (Å²) in [5.74, 6) is 1.85. The molecular weight excluding hydrogens is 516 g/mol. The lowest BCUT2D eigenvalue weighted by Gasteiger charge is -2.13. The van der Waals surface area contributed by atoms with E-state index in [0.717, 1.165) is 59.7 Å². The largest absolute Gasteiger partial charge is 0.494 e. The molecule has 0 amide bonds. The molecule has 1 aromatic heterocycles. The fraction of sp³-hybridized carbons (Fsp3) is 0.289. The van der Waals surface area contributed by atoms with E-state index >= 15 is 0 Å². The van der Waals surface area contributed by atoms with Crippen LogP contribution in [0.15, 0.2) is 103 Å². The first-order chi connectivity index (χ1) is 20.8. The molecule has 0 saturated heterocycles. The van der Waals surface area contributed by atoms with Gasteiger partial charge < -0.3 is 9.84 Å². The molecule has 0 atom stereocenters. The van der Waals surface area contributed by atoms with Crippen LogP contribution in [0.3, 0.4) is 0 Å². The van der Waals surface area contributed by atoms with Gasteiger partial charge in [0.1, 0.15) is 11.6 Å². The fourth-order valence-electron chi connectivity index (χ4n) is 6.07. The van der Waals surface area contributed by atoms with Gasteiger partial charge in [-0.15, -0.1) is 0 Å². The maximum atomic E-state index is 8.87. The van der Waals surface area contributed by atoms with E-state index in [2.05, 4.69) is 108 Å². The Balaban J connectivity index is 1.23. The molecule has 0 radical (unpaired) electrons. The van der Waals surface area contributed by atoms with Gasteiger partial charge in [0.25, 0.3) is 0 Å². The zero-order valence-corrected chi connectivity index (χ0v) is 24.3. The van der Waals surface area contributed by atoms with Crippen LogP contribution < -0.4 is 4.74 Å². The van der Waals surface area contributed by atoms with Gasteiger partial charge in [-0.05, 0) is 47.9 Å². The van der Waals surface area contributed by atoms with Crippen molar-refractivity contribution >= 4 is 32.6 Å². The van der Waals surface area contributed by atoms with E-state index in [1.54, 1.807) is 0 Å². The zero-order chi connectivity index (χ0) is 28.6. The molecule has 5 aromatic carbocycles. The van der Waals surface area contributed by atoms with E-state index in [0.29, 0.717) is 6.61 Å². The molecule has 1 heterocycles. The van der Waals surface area contributed by atoms with E-state index in [4.69, 9.17) is 14.8 Å². The minimum atomic E-state index is 0.326. The van der Waals surface area contributed by atoms with Crippen LogP contribution in [0.1, 0.15) is 57.8 Å². The molecule has 0 aliphatic rings. The van der Waals surface area contributed by atoms with Gasteiger partial charge in [-0.25, -0.2) is 4.98 Å². The highest BCUT2D eigenvalue weighted by Gasteiger charge is 2.19. The van der Waals surface area contributed by atoms with E-state index in [1.165, 1.54) is 60.1 Å². The van der Waals surface area contributed by atoms with Gasteiger partial charge in [-0.1, -0.05) is 124 Å². The Morgan fingerprint density at radius 2 is 1.10 bits per heavy atom. The van der Waals surface area contributed by atoms with Crippen LogP contribution in [0.5, 0.6) is 5.75 Å². The topological polar surface area (TPSA) is 47.3 Å². The second-order valence-corrected chi connectivity index (χ2v) is 11.2. The first-order valence-corrected chi connectivity index (χ1v) is 15.6. The minimum absolute atomic E-state index is 0.326. The molecule has 0 saturated carbocycles. The lowest BCUT2D eigenvalue weighted by Crippen LogP contribution is -2.00. The summed E-state index contributed by atoms with van der Waals surface area (Å²) in [7, 11) is 0. The molecule has 0 unspecified atom stereocenters. The van der Waals surface area contributed by atoms with Gasteiger partial charge in [-0.3, -0.25) is 4.57 Å². The van der Waals surface area contributed by atoms with Gasteiger partial charge in [0, 0.05) is 28.6 Å². The summed E-state index contributed by atoms with van der Waals surface area (Å²) in [6.07, 6.45) is 10.8. The first-order valence-electron chi connectivity index (χ1n) is 15.6. The van der Waals surface area contributed by atoms with Crippen LogP contribution >= 0.6 is 0 Å². The summed E-state index contributed by atoms with van der Waals surface area (Å²) >= 11 is 0. The molecule has 0 fully saturated rings. The molecule has 0 bridgehead atoms. The lowest BCUT2D eigenvalue weighted by molar-refractivity contribution is 0.282. The van der Waals surface area contributed by atoms with Crippen LogP contribution in [0.4, 0.5) is 0 Å². The highest BCUT2D eigenvalue weighted by molar-refractivity contribution is 6.24. The van der Waals surface area contributed by atoms with Gasteiger partial charge in [-0.2, -0.15) is 0 Å². The number of hydrogen-bond acceptors (Lipinski definition) is 3. The number of imidazole rings is 1. The Labute approximate surface area is 248 Å². The summed E-state index contributed by atoms with van der Waals surface area (Å²) in [5.41, 5.74) is 4.31. The van der Waals surface area contributed by atoms with Crippen molar-refractivity contribution in [1.82, 2.24) is 9.55 Å². The van der Waals surface area contributed by atoms with Crippen molar-refractivity contribution in [2.75, 3.05) is 13.2 Å². The highest BCUT2D eigenvalue weighted by Crippen LogP contribution is 2.39. The molecule has 6 rings (SSSR count). The minimum Gasteiger partial charge on any atom is -0.494 e. The average molecular weight is 557 g/mol. The van der Waals surface area contributed by atoms with Crippen molar-refractivity contribution in [2.45, 2.75) is 57.8 Å². The molecule has 0 aliphatic carbocycles. The third kappa shape index (κ3) is 6.05. The van der Waals surface area contributed by atoms with Crippen molar-refractivity contribution in [1.29, 1.82) is 0 Å². The molecular formula is C38H40N2O2. The van der Waals surface area contributed by atoms with Crippen molar-refractivity contribution < 1.29 is 9.84 Å². The van der Waals surface area contributed by atoms with Gasteiger partial charge >= 0.3 is 0 Å². The molecule has 42 heavy (non-hydrogen) atoms. The normalized spacial score (nSPS) is 11.5. The molecule has 214 valence electrons. The summed E-state index contributed by atoms with van der Waals surface area (Å²) < 4.78 is 8.44. The number of fused-ring (bicyclic) bond motifs is 6. The maximum absolute atomic E-state index is 8.87. The summed E-state index contributed by atoms with van der Waals surface area (Å²) in [5, 5.41) is 13.7. The number of aliphatic hydroxyl groups is 1. The summed E-state index contributed by atoms with van der Waals surface area (Å²) in [6.45, 7) is 1.07. The Kier molecular flexibility index (Phi) is 9.11. The van der Waals surface area contributed by atoms with Crippen molar-refractivity contribution in [2.24, 2.45) is 0 Å². The Hall–Kier alpha value is -4.15. The van der Waals surface area contributed by atoms with Crippen molar-refractivity contribution in [3.63, 3.8) is 0 Å². The molecule has 6 aromatic rings. The molecule has 4 heteroatoms. The second-order valence-electron chi connectivity index (χ2n) is 11.2. The van der Waals surface area contributed by atoms with E-state index in [9.17, 15) is 0 Å². The second kappa shape index (κ2) is 13.7. The van der Waals surface area contributed by atoms with Gasteiger partial charge in [0.2, 0.25) is 0 Å². The first kappa shape index (κ1) is 28.0. The van der Waals surface area contributed by atoms with Crippen LogP contribution in [-0.2, 0) is 0 Å². The fourth-order valence-corrected chi connectivity index (χ4v) is 6.07. The molecule has 1 N–H and O–H groups in total. The Bertz CT molecular complexity index is 1740. The number of unbranched alkanes of at least 4 members (excludes halogenated alkanes) is 8. The predicted molar refractivity (Wildman–Crippen MR) is 176 cm³/mol. The van der Waals surface area contributed by atoms with Gasteiger partial charge in [0.15, 0.2) is 0 Å². The van der Waals surface area contributed by atoms with E-state index in [1.807, 2.05) is 0 Å². The number of ether oxygens (including phenoxy) is 1. The van der Waals surface area contributed by atoms with Crippen molar-refractivity contribution in [3.8, 4) is 22.8 Å². The third-order valence-corrected chi connectivity index (χ3v) is 8.23. The molecule has 0 aliphatic heterocycles. The van der Waals surface area contributed by atoms with Crippen LogP contribution in [0.25, 0.3) is 49.7 Å². The van der Waals surface area contributed by atoms with Crippen molar-refractivity contribution in [3.05, 3.63) is 103 Å². The van der Waals surface area contributed by atoms with E-state index < -0.39 is 0 Å². The monoisotopic (exact) mass is 556 g/mol. The number of aromatic nitrogens is 2. The number of nitrogens with zero attached hydrogens (tertiary/aromatic N) is 2. The third-order valence-electron chi connectivity index (χ3n) is 8.23. The number of aliphatic hydroxyl groups excluding tert-OH is 1. The predicted octanol–water partition coefficient (Wildman–Crippen LogP) is 9.88. The zero-order valence-electron chi connectivity index (χ0n) is 24.3. The maximum Gasteiger partial charge on any atom is 0.145 e. The van der Waals surface area contributed by atoms with E-state index in [-0.39, 0.29) is 0 Å². The summed E-state index contributed by atoms with van der Waals surface area (Å²) in [4.78, 5) is 5.29. The highest BCUT2D eigenvalue weighted by atomic mass is 16.5. The lowest BCUT2D eigenvalue weighted by atomic mass is 10.00. The standard InChI is InChI=1S/C38H40N2O2/c41-27-15-6-4-2-1-3-5-7-16-28-42-31-25-23-30(24-26-31)40-37-35-22-14-12-20-33(35)32-19-11-13-21-34(32)36(37)39-38(40)29-17-9-8-10-18-29/h8-14,17-26,41H,1-7,15-16,27-28H2. The van der Waals surface area contributed by atoms with Crippen LogP contribution in [-0.4, -0.2) is 27.9 Å². The summed E-state index contributed by atoms with van der Waals surface area (Å²) in [6, 6.07) is 36.2. The average Bonchev–Trinajstić information content (AvgIpc) is 3.46. The Morgan fingerprint density at radius 1 is 0.548 bits per heavy atom. The quantitative estimate of drug-likeness (QED) is 0.107. The molecule has 4 nitrogen and oxygen atoms in total. The Morgan fingerprint density at radius 3 is 1.76 bits per heavy atom. The SMILES string of the molecule is OCCCCCCCCCCCOc1ccc(-n2c(-c3ccccc3)nc3c4ccccc4c4ccccc4c32)cc1. The van der Waals surface area contributed by atoms with Crippen LogP contribution in [0, 0.1) is 0 Å². The smallest absolute Gasteiger partial charge is 0.145 e.